The summed E-state index contributed by atoms with van der Waals surface area (Å²) >= 11 is 0. The van der Waals surface area contributed by atoms with E-state index >= 15 is 0 Å². The average molecular weight is 348 g/mol. The van der Waals surface area contributed by atoms with Crippen LogP contribution >= 0.6 is 0 Å². The van der Waals surface area contributed by atoms with Crippen LogP contribution in [0, 0.1) is 0 Å². The Hall–Kier alpha value is -2.85. The Morgan fingerprint density at radius 2 is 1.81 bits per heavy atom. The molecular formula is C22H24N2O2. The number of carbonyl (C=O) groups excluding carboxylic acids is 1. The number of hydrogen-bond donors (Lipinski definition) is 1. The number of nitrogens with zero attached hydrogens (tertiary/aromatic N) is 1. The first-order valence-corrected chi connectivity index (χ1v) is 8.69. The van der Waals surface area contributed by atoms with E-state index in [0.29, 0.717) is 6.54 Å². The number of anilines is 1. The summed E-state index contributed by atoms with van der Waals surface area (Å²) in [6.45, 7) is 2.62. The molecule has 0 fully saturated rings. The van der Waals surface area contributed by atoms with Crippen LogP contribution in [0.3, 0.4) is 0 Å². The van der Waals surface area contributed by atoms with Gasteiger partial charge in [-0.3, -0.25) is 9.69 Å². The smallest absolute Gasteiger partial charge is 0.241 e. The summed E-state index contributed by atoms with van der Waals surface area (Å²) in [5.74, 6) is 0.682. The first kappa shape index (κ1) is 18.0. The minimum absolute atomic E-state index is 0.0402. The highest BCUT2D eigenvalue weighted by Gasteiger charge is 2.18. The molecule has 0 saturated heterocycles. The number of amides is 1. The summed E-state index contributed by atoms with van der Waals surface area (Å²) in [6.07, 6.45) is 0. The molecule has 26 heavy (non-hydrogen) atoms. The lowest BCUT2D eigenvalue weighted by molar-refractivity contribution is -0.120. The van der Waals surface area contributed by atoms with Crippen LogP contribution < -0.4 is 10.1 Å². The predicted octanol–water partition coefficient (Wildman–Crippen LogP) is 4.31. The molecule has 0 aliphatic rings. The number of fused-ring (bicyclic) bond motifs is 1. The van der Waals surface area contributed by atoms with Gasteiger partial charge in [-0.1, -0.05) is 42.5 Å². The lowest BCUT2D eigenvalue weighted by atomic mass is 10.1. The highest BCUT2D eigenvalue weighted by atomic mass is 16.5. The number of hydrogen-bond acceptors (Lipinski definition) is 3. The Balaban J connectivity index is 1.65. The second-order valence-corrected chi connectivity index (χ2v) is 6.49. The highest BCUT2D eigenvalue weighted by Crippen LogP contribution is 2.19. The fraction of sp³-hybridized carbons (Fsp3) is 0.227. The molecule has 3 aromatic carbocycles. The number of methoxy groups -OCH3 is 1. The fourth-order valence-electron chi connectivity index (χ4n) is 2.91. The van der Waals surface area contributed by atoms with Crippen molar-refractivity contribution in [1.29, 1.82) is 0 Å². The molecule has 0 saturated carbocycles. The van der Waals surface area contributed by atoms with Crippen molar-refractivity contribution in [2.75, 3.05) is 19.5 Å². The third-order valence-corrected chi connectivity index (χ3v) is 4.62. The van der Waals surface area contributed by atoms with Crippen LogP contribution in [0.1, 0.15) is 12.5 Å². The molecule has 134 valence electrons. The van der Waals surface area contributed by atoms with Gasteiger partial charge < -0.3 is 10.1 Å². The van der Waals surface area contributed by atoms with Gasteiger partial charge in [0.15, 0.2) is 0 Å². The third-order valence-electron chi connectivity index (χ3n) is 4.62. The molecule has 1 atom stereocenters. The average Bonchev–Trinajstić information content (AvgIpc) is 2.67. The van der Waals surface area contributed by atoms with Crippen LogP contribution in [-0.2, 0) is 11.3 Å². The summed E-state index contributed by atoms with van der Waals surface area (Å²) < 4.78 is 5.20. The van der Waals surface area contributed by atoms with Gasteiger partial charge in [0.05, 0.1) is 13.2 Å². The Kier molecular flexibility index (Phi) is 5.54. The van der Waals surface area contributed by atoms with E-state index < -0.39 is 0 Å². The first-order valence-electron chi connectivity index (χ1n) is 8.69. The van der Waals surface area contributed by atoms with Crippen LogP contribution in [0.15, 0.2) is 66.7 Å². The largest absolute Gasteiger partial charge is 0.497 e. The standard InChI is InChI=1S/C22H24N2O2/c1-16(22(25)23-20-9-6-10-21(14-20)26-3)24(2)15-17-11-12-18-7-4-5-8-19(18)13-17/h4-14,16H,15H2,1-3H3,(H,23,25)/t16-/m0/s1. The lowest BCUT2D eigenvalue weighted by Gasteiger charge is -2.24. The Morgan fingerprint density at radius 3 is 2.58 bits per heavy atom. The number of likely N-dealkylation sites (N-methyl/N-ethyl adjacent to an activating group) is 1. The van der Waals surface area contributed by atoms with E-state index in [1.54, 1.807) is 7.11 Å². The molecule has 0 spiro atoms. The van der Waals surface area contributed by atoms with Crippen LogP contribution in [0.5, 0.6) is 5.75 Å². The van der Waals surface area contributed by atoms with E-state index in [4.69, 9.17) is 4.74 Å². The zero-order chi connectivity index (χ0) is 18.5. The van der Waals surface area contributed by atoms with Gasteiger partial charge >= 0.3 is 0 Å². The predicted molar refractivity (Wildman–Crippen MR) is 107 cm³/mol. The van der Waals surface area contributed by atoms with Crippen LogP contribution in [0.2, 0.25) is 0 Å². The molecule has 4 heteroatoms. The van der Waals surface area contributed by atoms with Crippen LogP contribution in [0.4, 0.5) is 5.69 Å². The zero-order valence-corrected chi connectivity index (χ0v) is 15.4. The Labute approximate surface area is 154 Å². The van der Waals surface area contributed by atoms with Crippen molar-refractivity contribution in [1.82, 2.24) is 4.90 Å². The van der Waals surface area contributed by atoms with Gasteiger partial charge in [0, 0.05) is 18.3 Å². The van der Waals surface area contributed by atoms with E-state index in [9.17, 15) is 4.79 Å². The monoisotopic (exact) mass is 348 g/mol. The van der Waals surface area contributed by atoms with Gasteiger partial charge in [-0.25, -0.2) is 0 Å². The number of benzene rings is 3. The second-order valence-electron chi connectivity index (χ2n) is 6.49. The lowest BCUT2D eigenvalue weighted by Crippen LogP contribution is -2.39. The fourth-order valence-corrected chi connectivity index (χ4v) is 2.91. The quantitative estimate of drug-likeness (QED) is 0.722. The number of nitrogens with one attached hydrogen (secondary N) is 1. The van der Waals surface area contributed by atoms with Gasteiger partial charge in [0.1, 0.15) is 5.75 Å². The van der Waals surface area contributed by atoms with Crippen LogP contribution in [-0.4, -0.2) is 31.0 Å². The number of ether oxygens (including phenoxy) is 1. The maximum Gasteiger partial charge on any atom is 0.241 e. The molecule has 0 bridgehead atoms. The van der Waals surface area contributed by atoms with E-state index in [2.05, 4.69) is 35.6 Å². The maximum absolute atomic E-state index is 12.6. The molecule has 1 amide bonds. The number of carbonyl (C=O) groups is 1. The molecule has 3 rings (SSSR count). The highest BCUT2D eigenvalue weighted by molar-refractivity contribution is 5.94. The molecule has 4 nitrogen and oxygen atoms in total. The van der Waals surface area contributed by atoms with Crippen molar-refractivity contribution in [3.05, 3.63) is 72.3 Å². The normalized spacial score (nSPS) is 12.2. The molecule has 3 aromatic rings. The molecule has 0 aliphatic heterocycles. The minimum atomic E-state index is -0.257. The molecule has 0 unspecified atom stereocenters. The van der Waals surface area contributed by atoms with Crippen molar-refractivity contribution in [3.8, 4) is 5.75 Å². The molecule has 1 N–H and O–H groups in total. The van der Waals surface area contributed by atoms with Gasteiger partial charge in [-0.05, 0) is 48.5 Å². The zero-order valence-electron chi connectivity index (χ0n) is 15.4. The first-order chi connectivity index (χ1) is 12.6. The summed E-state index contributed by atoms with van der Waals surface area (Å²) in [7, 11) is 3.58. The summed E-state index contributed by atoms with van der Waals surface area (Å²) in [4.78, 5) is 14.6. The summed E-state index contributed by atoms with van der Waals surface area (Å²) in [5, 5.41) is 5.39. The van der Waals surface area contributed by atoms with E-state index in [0.717, 1.165) is 11.4 Å². The maximum atomic E-state index is 12.6. The SMILES string of the molecule is COc1cccc(NC(=O)[C@H](C)N(C)Cc2ccc3ccccc3c2)c1. The van der Waals surface area contributed by atoms with Crippen molar-refractivity contribution >= 4 is 22.4 Å². The molecular weight excluding hydrogens is 324 g/mol. The van der Waals surface area contributed by atoms with Crippen molar-refractivity contribution < 1.29 is 9.53 Å². The van der Waals surface area contributed by atoms with Gasteiger partial charge in [-0.2, -0.15) is 0 Å². The molecule has 0 heterocycles. The topological polar surface area (TPSA) is 41.6 Å². The second kappa shape index (κ2) is 8.02. The molecule has 0 radical (unpaired) electrons. The minimum Gasteiger partial charge on any atom is -0.497 e. The molecule has 0 aliphatic carbocycles. The molecule has 0 aromatic heterocycles. The van der Waals surface area contributed by atoms with Gasteiger partial charge in [0.2, 0.25) is 5.91 Å². The number of rotatable bonds is 6. The van der Waals surface area contributed by atoms with Crippen molar-refractivity contribution in [2.45, 2.75) is 19.5 Å². The summed E-state index contributed by atoms with van der Waals surface area (Å²) in [6, 6.07) is 21.8. The van der Waals surface area contributed by atoms with E-state index in [1.807, 2.05) is 55.3 Å². The van der Waals surface area contributed by atoms with E-state index in [1.165, 1.54) is 16.3 Å². The Morgan fingerprint density at radius 1 is 1.04 bits per heavy atom. The Bertz CT molecular complexity index is 907. The summed E-state index contributed by atoms with van der Waals surface area (Å²) in [5.41, 5.74) is 1.92. The van der Waals surface area contributed by atoms with Gasteiger partial charge in [-0.15, -0.1) is 0 Å². The van der Waals surface area contributed by atoms with Gasteiger partial charge in [0.25, 0.3) is 0 Å². The van der Waals surface area contributed by atoms with E-state index in [-0.39, 0.29) is 11.9 Å². The van der Waals surface area contributed by atoms with Crippen LogP contribution in [0.25, 0.3) is 10.8 Å². The van der Waals surface area contributed by atoms with Crippen molar-refractivity contribution in [3.63, 3.8) is 0 Å². The van der Waals surface area contributed by atoms with Crippen molar-refractivity contribution in [2.24, 2.45) is 0 Å². The third kappa shape index (κ3) is 4.21.